The van der Waals surface area contributed by atoms with E-state index in [9.17, 15) is 9.59 Å². The molecule has 1 aromatic carbocycles. The van der Waals surface area contributed by atoms with E-state index in [0.29, 0.717) is 23.2 Å². The van der Waals surface area contributed by atoms with Crippen molar-refractivity contribution in [2.75, 3.05) is 11.9 Å². The number of carboxylic acid groups (broad SMARTS) is 1. The third-order valence-electron chi connectivity index (χ3n) is 4.35. The summed E-state index contributed by atoms with van der Waals surface area (Å²) in [6.45, 7) is 1.42. The Morgan fingerprint density at radius 2 is 2.08 bits per heavy atom. The summed E-state index contributed by atoms with van der Waals surface area (Å²) < 4.78 is 7.01. The van der Waals surface area contributed by atoms with Gasteiger partial charge in [0.15, 0.2) is 12.3 Å². The van der Waals surface area contributed by atoms with Crippen molar-refractivity contribution < 1.29 is 19.4 Å². The number of carbonyl (C=O) groups excluding carboxylic acids is 1. The lowest BCUT2D eigenvalue weighted by molar-refractivity contribution is -0.139. The smallest absolute Gasteiger partial charge is 0.341 e. The second-order valence-electron chi connectivity index (χ2n) is 6.23. The fourth-order valence-electron chi connectivity index (χ4n) is 3.03. The van der Waals surface area contributed by atoms with Crippen molar-refractivity contribution in [1.29, 1.82) is 0 Å². The fourth-order valence-corrected chi connectivity index (χ4v) is 3.03. The van der Waals surface area contributed by atoms with Gasteiger partial charge in [0.05, 0.1) is 6.04 Å². The molecular weight excluding hydrogens is 322 g/mol. The zero-order chi connectivity index (χ0) is 17.8. The number of rotatable bonds is 6. The van der Waals surface area contributed by atoms with Gasteiger partial charge in [0.2, 0.25) is 0 Å². The van der Waals surface area contributed by atoms with Gasteiger partial charge in [-0.3, -0.25) is 9.48 Å². The molecule has 0 radical (unpaired) electrons. The lowest BCUT2D eigenvalue weighted by Gasteiger charge is -2.10. The van der Waals surface area contributed by atoms with Crippen molar-refractivity contribution >= 4 is 17.6 Å². The first-order valence-electron chi connectivity index (χ1n) is 8.34. The lowest BCUT2D eigenvalue weighted by Crippen LogP contribution is -2.15. The number of aromatic nitrogens is 2. The maximum absolute atomic E-state index is 12.4. The molecule has 0 aliphatic heterocycles. The molecule has 1 aliphatic rings. The van der Waals surface area contributed by atoms with Gasteiger partial charge in [0.1, 0.15) is 5.75 Å². The highest BCUT2D eigenvalue weighted by Crippen LogP contribution is 2.29. The van der Waals surface area contributed by atoms with E-state index in [1.54, 1.807) is 24.3 Å². The second kappa shape index (κ2) is 7.38. The standard InChI is InChI=1S/C18H21N3O4/c1-12-10-14(25-11-17(22)23)6-7-15(12)19-18(24)16-8-9-21(20-16)13-4-2-3-5-13/h6-10,13H,2-5,11H2,1H3,(H,19,24)(H,22,23). The largest absolute Gasteiger partial charge is 0.482 e. The van der Waals surface area contributed by atoms with Crippen molar-refractivity contribution in [3.05, 3.63) is 41.7 Å². The molecule has 0 saturated heterocycles. The highest BCUT2D eigenvalue weighted by molar-refractivity contribution is 6.03. The number of carboxylic acids is 1. The number of ether oxygens (including phenoxy) is 1. The van der Waals surface area contributed by atoms with Crippen LogP contribution in [0.3, 0.4) is 0 Å². The van der Waals surface area contributed by atoms with Crippen LogP contribution in [0.15, 0.2) is 30.5 Å². The zero-order valence-electron chi connectivity index (χ0n) is 14.1. The summed E-state index contributed by atoms with van der Waals surface area (Å²) in [5, 5.41) is 15.9. The molecular formula is C18H21N3O4. The molecule has 2 N–H and O–H groups in total. The predicted octanol–water partition coefficient (Wildman–Crippen LogP) is 3.02. The van der Waals surface area contributed by atoms with Crippen molar-refractivity contribution in [3.63, 3.8) is 0 Å². The number of benzene rings is 1. The van der Waals surface area contributed by atoms with E-state index in [4.69, 9.17) is 9.84 Å². The van der Waals surface area contributed by atoms with Crippen LogP contribution in [0.25, 0.3) is 0 Å². The van der Waals surface area contributed by atoms with Crippen LogP contribution in [-0.4, -0.2) is 33.4 Å². The average molecular weight is 343 g/mol. The van der Waals surface area contributed by atoms with Gasteiger partial charge in [0, 0.05) is 11.9 Å². The first-order chi connectivity index (χ1) is 12.0. The maximum atomic E-state index is 12.4. The summed E-state index contributed by atoms with van der Waals surface area (Å²) in [6.07, 6.45) is 6.50. The van der Waals surface area contributed by atoms with Gasteiger partial charge in [-0.15, -0.1) is 0 Å². The van der Waals surface area contributed by atoms with Gasteiger partial charge in [-0.2, -0.15) is 5.10 Å². The first-order valence-corrected chi connectivity index (χ1v) is 8.34. The Kier molecular flexibility index (Phi) is 5.02. The second-order valence-corrected chi connectivity index (χ2v) is 6.23. The van der Waals surface area contributed by atoms with E-state index < -0.39 is 12.6 Å². The van der Waals surface area contributed by atoms with Crippen molar-refractivity contribution in [2.45, 2.75) is 38.6 Å². The quantitative estimate of drug-likeness (QED) is 0.841. The van der Waals surface area contributed by atoms with Crippen LogP contribution in [0.1, 0.15) is 47.8 Å². The Bertz CT molecular complexity index is 778. The number of amides is 1. The molecule has 0 atom stereocenters. The van der Waals surface area contributed by atoms with E-state index in [1.807, 2.05) is 17.8 Å². The lowest BCUT2D eigenvalue weighted by atomic mass is 10.2. The van der Waals surface area contributed by atoms with Gasteiger partial charge in [-0.05, 0) is 49.6 Å². The molecule has 1 fully saturated rings. The Labute approximate surface area is 145 Å². The molecule has 7 heteroatoms. The van der Waals surface area contributed by atoms with E-state index in [0.717, 1.165) is 18.4 Å². The molecule has 1 aromatic heterocycles. The monoisotopic (exact) mass is 343 g/mol. The van der Waals surface area contributed by atoms with E-state index in [-0.39, 0.29) is 5.91 Å². The van der Waals surface area contributed by atoms with Crippen molar-refractivity contribution in [1.82, 2.24) is 9.78 Å². The van der Waals surface area contributed by atoms with E-state index >= 15 is 0 Å². The van der Waals surface area contributed by atoms with Gasteiger partial charge >= 0.3 is 5.97 Å². The third kappa shape index (κ3) is 4.17. The zero-order valence-corrected chi connectivity index (χ0v) is 14.1. The van der Waals surface area contributed by atoms with E-state index in [2.05, 4.69) is 10.4 Å². The summed E-state index contributed by atoms with van der Waals surface area (Å²) in [4.78, 5) is 22.9. The van der Waals surface area contributed by atoms with Crippen LogP contribution in [0.2, 0.25) is 0 Å². The summed E-state index contributed by atoms with van der Waals surface area (Å²) in [5.41, 5.74) is 1.81. The highest BCUT2D eigenvalue weighted by atomic mass is 16.5. The van der Waals surface area contributed by atoms with Crippen LogP contribution in [0.5, 0.6) is 5.75 Å². The number of aliphatic carboxylic acids is 1. The summed E-state index contributed by atoms with van der Waals surface area (Å²) in [7, 11) is 0. The van der Waals surface area contributed by atoms with Crippen LogP contribution >= 0.6 is 0 Å². The van der Waals surface area contributed by atoms with Crippen LogP contribution in [0.4, 0.5) is 5.69 Å². The maximum Gasteiger partial charge on any atom is 0.341 e. The molecule has 1 aliphatic carbocycles. The topological polar surface area (TPSA) is 93.5 Å². The van der Waals surface area contributed by atoms with Crippen molar-refractivity contribution in [3.8, 4) is 5.75 Å². The molecule has 1 saturated carbocycles. The highest BCUT2D eigenvalue weighted by Gasteiger charge is 2.19. The Morgan fingerprint density at radius 3 is 2.76 bits per heavy atom. The molecule has 3 rings (SSSR count). The molecule has 1 heterocycles. The number of carbonyl (C=O) groups is 2. The molecule has 7 nitrogen and oxygen atoms in total. The van der Waals surface area contributed by atoms with Gasteiger partial charge in [-0.25, -0.2) is 4.79 Å². The first kappa shape index (κ1) is 17.0. The number of aryl methyl sites for hydroxylation is 1. The van der Waals surface area contributed by atoms with Crippen LogP contribution < -0.4 is 10.1 Å². The van der Waals surface area contributed by atoms with Crippen LogP contribution in [-0.2, 0) is 4.79 Å². The predicted molar refractivity (Wildman–Crippen MR) is 92.0 cm³/mol. The molecule has 1 amide bonds. The molecule has 0 spiro atoms. The third-order valence-corrected chi connectivity index (χ3v) is 4.35. The Morgan fingerprint density at radius 1 is 1.32 bits per heavy atom. The molecule has 0 unspecified atom stereocenters. The molecule has 25 heavy (non-hydrogen) atoms. The summed E-state index contributed by atoms with van der Waals surface area (Å²) >= 11 is 0. The molecule has 2 aromatic rings. The number of hydrogen-bond donors (Lipinski definition) is 2. The minimum absolute atomic E-state index is 0.265. The fraction of sp³-hybridized carbons (Fsp3) is 0.389. The number of nitrogens with zero attached hydrogens (tertiary/aromatic N) is 2. The number of hydrogen-bond acceptors (Lipinski definition) is 4. The van der Waals surface area contributed by atoms with Crippen molar-refractivity contribution in [2.24, 2.45) is 0 Å². The SMILES string of the molecule is Cc1cc(OCC(=O)O)ccc1NC(=O)c1ccn(C2CCCC2)n1. The normalized spacial score (nSPS) is 14.4. The summed E-state index contributed by atoms with van der Waals surface area (Å²) in [6, 6.07) is 7.14. The Hall–Kier alpha value is -2.83. The van der Waals surface area contributed by atoms with Gasteiger partial charge in [0.25, 0.3) is 5.91 Å². The minimum atomic E-state index is -1.03. The average Bonchev–Trinajstić information content (AvgIpc) is 3.26. The van der Waals surface area contributed by atoms with Crippen LogP contribution in [0, 0.1) is 6.92 Å². The van der Waals surface area contributed by atoms with Gasteiger partial charge < -0.3 is 15.2 Å². The Balaban J connectivity index is 1.65. The summed E-state index contributed by atoms with van der Waals surface area (Å²) in [5.74, 6) is -0.852. The number of anilines is 1. The number of nitrogens with one attached hydrogen (secondary N) is 1. The van der Waals surface area contributed by atoms with E-state index in [1.165, 1.54) is 12.8 Å². The molecule has 0 bridgehead atoms. The minimum Gasteiger partial charge on any atom is -0.482 e. The van der Waals surface area contributed by atoms with Gasteiger partial charge in [-0.1, -0.05) is 12.8 Å². The molecule has 132 valence electrons.